The van der Waals surface area contributed by atoms with Crippen LogP contribution in [0.25, 0.3) is 0 Å². The average molecular weight is 430 g/mol. The van der Waals surface area contributed by atoms with Crippen molar-refractivity contribution in [1.82, 2.24) is 15.5 Å². The zero-order chi connectivity index (χ0) is 20.9. The fraction of sp³-hybridized carbons (Fsp3) is 0.524. The van der Waals surface area contributed by atoms with Gasteiger partial charge in [0.2, 0.25) is 22.1 Å². The Morgan fingerprint density at radius 2 is 2.07 bits per heavy atom. The summed E-state index contributed by atoms with van der Waals surface area (Å²) in [5.74, 6) is 0.869. The first-order valence-corrected chi connectivity index (χ1v) is 11.3. The Labute approximate surface area is 180 Å². The van der Waals surface area contributed by atoms with Crippen molar-refractivity contribution in [2.24, 2.45) is 5.92 Å². The van der Waals surface area contributed by atoms with Crippen molar-refractivity contribution in [2.75, 3.05) is 36.0 Å². The zero-order valence-electron chi connectivity index (χ0n) is 17.2. The van der Waals surface area contributed by atoms with Gasteiger partial charge in [-0.3, -0.25) is 14.5 Å². The zero-order valence-corrected chi connectivity index (χ0v) is 18.0. The Morgan fingerprint density at radius 3 is 2.87 bits per heavy atom. The second-order valence-corrected chi connectivity index (χ2v) is 8.49. The number of rotatable bonds is 7. The lowest BCUT2D eigenvalue weighted by Crippen LogP contribution is -2.43. The van der Waals surface area contributed by atoms with Crippen LogP contribution in [0.1, 0.15) is 38.2 Å². The minimum absolute atomic E-state index is 0.0467. The first-order chi connectivity index (χ1) is 14.7. The third kappa shape index (κ3) is 4.56. The van der Waals surface area contributed by atoms with Crippen LogP contribution in [0.15, 0.2) is 24.3 Å². The molecule has 8 nitrogen and oxygen atoms in total. The molecule has 2 aliphatic heterocycles. The van der Waals surface area contributed by atoms with E-state index in [1.54, 1.807) is 4.90 Å². The number of ether oxygens (including phenoxy) is 1. The number of para-hydroxylation sites is 1. The van der Waals surface area contributed by atoms with E-state index in [1.165, 1.54) is 11.3 Å². The van der Waals surface area contributed by atoms with Gasteiger partial charge in [0.1, 0.15) is 5.75 Å². The van der Waals surface area contributed by atoms with Crippen molar-refractivity contribution in [3.05, 3.63) is 29.8 Å². The molecule has 0 unspecified atom stereocenters. The fourth-order valence-corrected chi connectivity index (χ4v) is 4.86. The van der Waals surface area contributed by atoms with E-state index in [0.29, 0.717) is 37.8 Å². The molecule has 30 heavy (non-hydrogen) atoms. The van der Waals surface area contributed by atoms with Crippen LogP contribution < -0.4 is 19.9 Å². The average Bonchev–Trinajstić information content (AvgIpc) is 3.42. The number of hydrogen-bond acceptors (Lipinski definition) is 7. The molecule has 0 saturated carbocycles. The maximum atomic E-state index is 12.8. The van der Waals surface area contributed by atoms with Crippen LogP contribution in [0, 0.1) is 5.92 Å². The van der Waals surface area contributed by atoms with E-state index in [0.717, 1.165) is 42.3 Å². The van der Waals surface area contributed by atoms with E-state index in [9.17, 15) is 9.59 Å². The molecule has 0 aliphatic carbocycles. The summed E-state index contributed by atoms with van der Waals surface area (Å²) in [6.07, 6.45) is 3.22. The summed E-state index contributed by atoms with van der Waals surface area (Å²) in [7, 11) is 0. The summed E-state index contributed by atoms with van der Waals surface area (Å²) in [4.78, 5) is 28.6. The summed E-state index contributed by atoms with van der Waals surface area (Å²) >= 11 is 1.43. The van der Waals surface area contributed by atoms with E-state index in [2.05, 4.69) is 20.4 Å². The van der Waals surface area contributed by atoms with Crippen LogP contribution in [0.3, 0.4) is 0 Å². The molecule has 1 aromatic heterocycles. The van der Waals surface area contributed by atoms with Crippen LogP contribution in [0.4, 0.5) is 10.3 Å². The van der Waals surface area contributed by atoms with Gasteiger partial charge in [-0.1, -0.05) is 29.5 Å². The van der Waals surface area contributed by atoms with E-state index < -0.39 is 0 Å². The second-order valence-electron chi connectivity index (χ2n) is 7.56. The second kappa shape index (κ2) is 9.42. The predicted octanol–water partition coefficient (Wildman–Crippen LogP) is 2.60. The van der Waals surface area contributed by atoms with Crippen LogP contribution in [0.5, 0.6) is 5.75 Å². The summed E-state index contributed by atoms with van der Waals surface area (Å²) in [6.45, 7) is 5.16. The highest BCUT2D eigenvalue weighted by atomic mass is 32.1. The van der Waals surface area contributed by atoms with Gasteiger partial charge in [-0.05, 0) is 32.3 Å². The minimum Gasteiger partial charge on any atom is -0.494 e. The van der Waals surface area contributed by atoms with Crippen LogP contribution in [-0.4, -0.2) is 48.3 Å². The van der Waals surface area contributed by atoms with Crippen LogP contribution in [-0.2, 0) is 16.1 Å². The van der Waals surface area contributed by atoms with Crippen molar-refractivity contribution < 1.29 is 14.3 Å². The highest BCUT2D eigenvalue weighted by molar-refractivity contribution is 7.19. The van der Waals surface area contributed by atoms with Gasteiger partial charge >= 0.3 is 0 Å². The monoisotopic (exact) mass is 429 g/mol. The Hall–Kier alpha value is -2.68. The lowest BCUT2D eigenvalue weighted by Gasteiger charge is -2.31. The van der Waals surface area contributed by atoms with E-state index >= 15 is 0 Å². The van der Waals surface area contributed by atoms with Crippen molar-refractivity contribution in [2.45, 2.75) is 39.2 Å². The summed E-state index contributed by atoms with van der Waals surface area (Å²) in [6, 6.07) is 7.78. The smallest absolute Gasteiger partial charge is 0.228 e. The van der Waals surface area contributed by atoms with Crippen molar-refractivity contribution in [1.29, 1.82) is 0 Å². The van der Waals surface area contributed by atoms with E-state index in [-0.39, 0.29) is 17.7 Å². The quantitative estimate of drug-likeness (QED) is 0.728. The summed E-state index contributed by atoms with van der Waals surface area (Å²) < 4.78 is 5.64. The lowest BCUT2D eigenvalue weighted by atomic mass is 9.97. The maximum absolute atomic E-state index is 12.8. The largest absolute Gasteiger partial charge is 0.494 e. The highest BCUT2D eigenvalue weighted by Gasteiger charge is 2.30. The SMILES string of the molecule is CCOc1ccccc1CNC(=O)[C@@H]1CCCN(c2nnc(N3CCCC3=O)s2)C1. The maximum Gasteiger partial charge on any atom is 0.228 e. The number of carbonyl (C=O) groups excluding carboxylic acids is 2. The Kier molecular flexibility index (Phi) is 6.47. The molecule has 2 aromatic rings. The Balaban J connectivity index is 1.35. The first kappa shape index (κ1) is 20.6. The number of amides is 2. The van der Waals surface area contributed by atoms with Gasteiger partial charge in [0.25, 0.3) is 0 Å². The van der Waals surface area contributed by atoms with Gasteiger partial charge in [0.15, 0.2) is 0 Å². The van der Waals surface area contributed by atoms with Gasteiger partial charge in [0.05, 0.1) is 12.5 Å². The molecule has 2 amide bonds. The van der Waals surface area contributed by atoms with Crippen LogP contribution >= 0.6 is 11.3 Å². The molecule has 2 saturated heterocycles. The molecular weight excluding hydrogens is 402 g/mol. The topological polar surface area (TPSA) is 87.7 Å². The minimum atomic E-state index is -0.0984. The number of hydrogen-bond donors (Lipinski definition) is 1. The number of carbonyl (C=O) groups is 2. The molecule has 9 heteroatoms. The number of piperidine rings is 1. The molecule has 2 fully saturated rings. The van der Waals surface area contributed by atoms with E-state index in [1.807, 2.05) is 31.2 Å². The molecule has 0 spiro atoms. The number of anilines is 2. The Bertz CT molecular complexity index is 902. The van der Waals surface area contributed by atoms with Gasteiger partial charge in [-0.15, -0.1) is 10.2 Å². The molecular formula is C21H27N5O3S. The molecule has 0 bridgehead atoms. The van der Waals surface area contributed by atoms with Crippen LogP contribution in [0.2, 0.25) is 0 Å². The third-order valence-electron chi connectivity index (χ3n) is 5.50. The normalized spacial score (nSPS) is 19.2. The van der Waals surface area contributed by atoms with E-state index in [4.69, 9.17) is 4.74 Å². The molecule has 1 atom stereocenters. The molecule has 2 aliphatic rings. The summed E-state index contributed by atoms with van der Waals surface area (Å²) in [5.41, 5.74) is 0.976. The summed E-state index contributed by atoms with van der Waals surface area (Å²) in [5, 5.41) is 13.0. The molecule has 0 radical (unpaired) electrons. The fourth-order valence-electron chi connectivity index (χ4n) is 3.93. The van der Waals surface area contributed by atoms with Gasteiger partial charge in [-0.2, -0.15) is 0 Å². The van der Waals surface area contributed by atoms with Crippen molar-refractivity contribution in [3.8, 4) is 5.75 Å². The molecule has 160 valence electrons. The number of benzene rings is 1. The third-order valence-corrected chi connectivity index (χ3v) is 6.50. The van der Waals surface area contributed by atoms with Crippen molar-refractivity contribution in [3.63, 3.8) is 0 Å². The molecule has 1 N–H and O–H groups in total. The van der Waals surface area contributed by atoms with Gasteiger partial charge in [-0.25, -0.2) is 0 Å². The lowest BCUT2D eigenvalue weighted by molar-refractivity contribution is -0.125. The van der Waals surface area contributed by atoms with Crippen molar-refractivity contribution >= 4 is 33.4 Å². The predicted molar refractivity (Wildman–Crippen MR) is 116 cm³/mol. The van der Waals surface area contributed by atoms with Gasteiger partial charge < -0.3 is 15.0 Å². The molecule has 3 heterocycles. The Morgan fingerprint density at radius 1 is 1.23 bits per heavy atom. The molecule has 1 aromatic carbocycles. The highest BCUT2D eigenvalue weighted by Crippen LogP contribution is 2.32. The standard InChI is InChI=1S/C21H27N5O3S/c1-2-29-17-9-4-3-7-15(17)13-22-19(28)16-8-5-11-25(14-16)20-23-24-21(30-20)26-12-6-10-18(26)27/h3-4,7,9,16H,2,5-6,8,10-14H2,1H3,(H,22,28)/t16-/m1/s1. The number of nitrogens with zero attached hydrogens (tertiary/aromatic N) is 4. The number of aromatic nitrogens is 2. The van der Waals surface area contributed by atoms with Gasteiger partial charge in [0, 0.05) is 38.2 Å². The number of nitrogens with one attached hydrogen (secondary N) is 1. The molecule has 4 rings (SSSR count). The first-order valence-electron chi connectivity index (χ1n) is 10.5.